The van der Waals surface area contributed by atoms with Crippen molar-refractivity contribution >= 4 is 32.8 Å². The summed E-state index contributed by atoms with van der Waals surface area (Å²) in [5.74, 6) is 0.568. The third kappa shape index (κ3) is 2.32. The van der Waals surface area contributed by atoms with Gasteiger partial charge in [-0.15, -0.1) is 0 Å². The largest absolute Gasteiger partial charge is 0.497 e. The van der Waals surface area contributed by atoms with Crippen LogP contribution in [0.4, 0.5) is 0 Å². The molecule has 1 aromatic heterocycles. The lowest BCUT2D eigenvalue weighted by Gasteiger charge is -2.27. The Labute approximate surface area is 150 Å². The van der Waals surface area contributed by atoms with Crippen LogP contribution in [0.15, 0.2) is 62.8 Å². The van der Waals surface area contributed by atoms with E-state index in [4.69, 9.17) is 9.15 Å². The lowest BCUT2D eigenvalue weighted by molar-refractivity contribution is 0.414. The van der Waals surface area contributed by atoms with Crippen LogP contribution in [0.25, 0.3) is 22.7 Å². The molecule has 0 saturated heterocycles. The average molecular weight is 369 g/mol. The number of methoxy groups -OCH3 is 1. The van der Waals surface area contributed by atoms with Crippen molar-refractivity contribution in [3.63, 3.8) is 0 Å². The molecule has 0 saturated carbocycles. The molecule has 0 N–H and O–H groups in total. The molecule has 0 amide bonds. The van der Waals surface area contributed by atoms with E-state index in [-0.39, 0.29) is 21.6 Å². The first kappa shape index (κ1) is 16.4. The second-order valence-electron chi connectivity index (χ2n) is 5.88. The highest BCUT2D eigenvalue weighted by Gasteiger charge is 2.31. The van der Waals surface area contributed by atoms with Gasteiger partial charge in [-0.25, -0.2) is 8.42 Å². The zero-order valence-electron chi connectivity index (χ0n) is 14.1. The van der Waals surface area contributed by atoms with Crippen LogP contribution in [0, 0.1) is 0 Å². The van der Waals surface area contributed by atoms with Crippen molar-refractivity contribution in [3.8, 4) is 5.75 Å². The maximum atomic E-state index is 12.9. The molecular formula is C19H15NO5S. The molecule has 0 radical (unpaired) electrons. The lowest BCUT2D eigenvalue weighted by atomic mass is 10.1. The molecule has 0 atom stereocenters. The van der Waals surface area contributed by atoms with E-state index in [0.29, 0.717) is 22.3 Å². The highest BCUT2D eigenvalue weighted by Crippen LogP contribution is 2.34. The number of ether oxygens (including phenoxy) is 1. The fraction of sp³-hybridized carbons (Fsp3) is 0.105. The van der Waals surface area contributed by atoms with E-state index in [1.807, 2.05) is 0 Å². The van der Waals surface area contributed by atoms with Crippen LogP contribution in [-0.4, -0.2) is 26.9 Å². The molecule has 26 heavy (non-hydrogen) atoms. The number of benzene rings is 2. The summed E-state index contributed by atoms with van der Waals surface area (Å²) < 4.78 is 37.4. The Morgan fingerprint density at radius 1 is 1.12 bits per heavy atom. The summed E-state index contributed by atoms with van der Waals surface area (Å²) >= 11 is 0. The van der Waals surface area contributed by atoms with Crippen LogP contribution < -0.4 is 10.2 Å². The van der Waals surface area contributed by atoms with Crippen molar-refractivity contribution in [2.75, 3.05) is 14.2 Å². The maximum absolute atomic E-state index is 12.9. The Bertz CT molecular complexity index is 1220. The quantitative estimate of drug-likeness (QED) is 0.694. The first-order valence-electron chi connectivity index (χ1n) is 7.83. The SMILES string of the molecule is COc1ccc2c(=O)c(C3=Cc4ccccc4S(=O)(=O)N3C)coc2c1. The molecule has 7 heteroatoms. The zero-order chi connectivity index (χ0) is 18.5. The number of hydrogen-bond donors (Lipinski definition) is 0. The van der Waals surface area contributed by atoms with Gasteiger partial charge in [0.15, 0.2) is 0 Å². The van der Waals surface area contributed by atoms with Crippen LogP contribution in [0.2, 0.25) is 0 Å². The molecule has 132 valence electrons. The summed E-state index contributed by atoms with van der Waals surface area (Å²) in [6, 6.07) is 11.6. The van der Waals surface area contributed by atoms with Crippen molar-refractivity contribution in [2.24, 2.45) is 0 Å². The Morgan fingerprint density at radius 3 is 2.65 bits per heavy atom. The average Bonchev–Trinajstić information content (AvgIpc) is 2.65. The number of hydrogen-bond acceptors (Lipinski definition) is 5. The predicted molar refractivity (Wildman–Crippen MR) is 98.3 cm³/mol. The first-order chi connectivity index (χ1) is 12.4. The van der Waals surface area contributed by atoms with E-state index in [1.165, 1.54) is 20.4 Å². The van der Waals surface area contributed by atoms with Crippen LogP contribution in [0.5, 0.6) is 5.75 Å². The third-order valence-electron chi connectivity index (χ3n) is 4.45. The summed E-state index contributed by atoms with van der Waals surface area (Å²) in [5.41, 5.74) is 1.07. The van der Waals surface area contributed by atoms with Crippen molar-refractivity contribution in [3.05, 3.63) is 70.1 Å². The normalized spacial score (nSPS) is 15.5. The van der Waals surface area contributed by atoms with Gasteiger partial charge in [-0.05, 0) is 29.8 Å². The highest BCUT2D eigenvalue weighted by atomic mass is 32.2. The lowest BCUT2D eigenvalue weighted by Crippen LogP contribution is -2.30. The molecule has 0 bridgehead atoms. The van der Waals surface area contributed by atoms with Gasteiger partial charge in [0.1, 0.15) is 17.6 Å². The van der Waals surface area contributed by atoms with Crippen LogP contribution >= 0.6 is 0 Å². The minimum absolute atomic E-state index is 0.184. The van der Waals surface area contributed by atoms with Crippen molar-refractivity contribution < 1.29 is 17.6 Å². The van der Waals surface area contributed by atoms with E-state index < -0.39 is 10.0 Å². The van der Waals surface area contributed by atoms with Gasteiger partial charge in [-0.1, -0.05) is 18.2 Å². The summed E-state index contributed by atoms with van der Waals surface area (Å²) in [4.78, 5) is 13.1. The smallest absolute Gasteiger partial charge is 0.264 e. The minimum atomic E-state index is -3.73. The molecule has 1 aliphatic heterocycles. The summed E-state index contributed by atoms with van der Waals surface area (Å²) in [7, 11) is -0.783. The van der Waals surface area contributed by atoms with Gasteiger partial charge in [0.25, 0.3) is 10.0 Å². The van der Waals surface area contributed by atoms with E-state index in [0.717, 1.165) is 4.31 Å². The zero-order valence-corrected chi connectivity index (χ0v) is 14.9. The van der Waals surface area contributed by atoms with Crippen LogP contribution in [0.1, 0.15) is 11.1 Å². The van der Waals surface area contributed by atoms with Gasteiger partial charge in [0.2, 0.25) is 5.43 Å². The Balaban J connectivity index is 1.97. The van der Waals surface area contributed by atoms with Gasteiger partial charge in [0.05, 0.1) is 28.7 Å². The van der Waals surface area contributed by atoms with Crippen LogP contribution in [0.3, 0.4) is 0 Å². The third-order valence-corrected chi connectivity index (χ3v) is 6.29. The first-order valence-corrected chi connectivity index (χ1v) is 9.27. The number of fused-ring (bicyclic) bond motifs is 2. The molecule has 0 fully saturated rings. The summed E-state index contributed by atoms with van der Waals surface area (Å²) in [5, 5.41) is 0.355. The molecule has 2 aromatic carbocycles. The molecular weight excluding hydrogens is 354 g/mol. The van der Waals surface area contributed by atoms with Crippen molar-refractivity contribution in [1.29, 1.82) is 0 Å². The molecule has 6 nitrogen and oxygen atoms in total. The Kier molecular flexibility index (Phi) is 3.62. The molecule has 2 heterocycles. The molecule has 0 spiro atoms. The molecule has 0 aliphatic carbocycles. The van der Waals surface area contributed by atoms with Gasteiger partial charge < -0.3 is 9.15 Å². The van der Waals surface area contributed by atoms with E-state index in [1.54, 1.807) is 48.5 Å². The fourth-order valence-electron chi connectivity index (χ4n) is 3.01. The maximum Gasteiger partial charge on any atom is 0.264 e. The Morgan fingerprint density at radius 2 is 1.88 bits per heavy atom. The Hall–Kier alpha value is -3.06. The molecule has 4 rings (SSSR count). The minimum Gasteiger partial charge on any atom is -0.497 e. The van der Waals surface area contributed by atoms with Gasteiger partial charge in [-0.2, -0.15) is 0 Å². The van der Waals surface area contributed by atoms with E-state index >= 15 is 0 Å². The highest BCUT2D eigenvalue weighted by molar-refractivity contribution is 7.89. The van der Waals surface area contributed by atoms with Gasteiger partial charge in [-0.3, -0.25) is 9.10 Å². The van der Waals surface area contributed by atoms with Gasteiger partial charge in [0, 0.05) is 13.1 Å². The number of rotatable bonds is 2. The molecule has 3 aromatic rings. The van der Waals surface area contributed by atoms with E-state index in [2.05, 4.69) is 0 Å². The van der Waals surface area contributed by atoms with Crippen molar-refractivity contribution in [2.45, 2.75) is 4.90 Å². The van der Waals surface area contributed by atoms with Crippen LogP contribution in [-0.2, 0) is 10.0 Å². The number of sulfonamides is 1. The monoisotopic (exact) mass is 369 g/mol. The second-order valence-corrected chi connectivity index (χ2v) is 7.82. The summed E-state index contributed by atoms with van der Waals surface area (Å²) in [6.07, 6.45) is 2.97. The van der Waals surface area contributed by atoms with Gasteiger partial charge >= 0.3 is 0 Å². The standard InChI is InChI=1S/C19H15NO5S/c1-20-16(9-12-5-3-4-6-18(12)26(20,22)23)15-11-25-17-10-13(24-2)7-8-14(17)19(15)21/h3-11H,1-2H3. The van der Waals surface area contributed by atoms with Crippen molar-refractivity contribution in [1.82, 2.24) is 4.31 Å². The topological polar surface area (TPSA) is 76.8 Å². The summed E-state index contributed by atoms with van der Waals surface area (Å²) in [6.45, 7) is 0. The number of nitrogens with zero attached hydrogens (tertiary/aromatic N) is 1. The fourth-order valence-corrected chi connectivity index (χ4v) is 4.39. The molecule has 1 aliphatic rings. The molecule has 0 unspecified atom stereocenters. The second kappa shape index (κ2) is 5.74. The van der Waals surface area contributed by atoms with E-state index in [9.17, 15) is 13.2 Å². The predicted octanol–water partition coefficient (Wildman–Crippen LogP) is 2.93.